The average Bonchev–Trinajstić information content (AvgIpc) is 3.23. The molecule has 1 fully saturated rings. The minimum absolute atomic E-state index is 0.290. The summed E-state index contributed by atoms with van der Waals surface area (Å²) in [6, 6.07) is 10.9. The van der Waals surface area contributed by atoms with Gasteiger partial charge in [0.25, 0.3) is 0 Å². The van der Waals surface area contributed by atoms with Gasteiger partial charge in [-0.1, -0.05) is 18.2 Å². The van der Waals surface area contributed by atoms with Gasteiger partial charge in [0, 0.05) is 12.7 Å². The van der Waals surface area contributed by atoms with Crippen LogP contribution in [-0.4, -0.2) is 33.9 Å². The Bertz CT molecular complexity index is 1040. The first-order chi connectivity index (χ1) is 12.0. The van der Waals surface area contributed by atoms with Crippen molar-refractivity contribution in [3.05, 3.63) is 59.5 Å². The molecule has 0 radical (unpaired) electrons. The molecule has 2 aromatic heterocycles. The Morgan fingerprint density at radius 2 is 1.96 bits per heavy atom. The van der Waals surface area contributed by atoms with Crippen molar-refractivity contribution in [2.24, 2.45) is 0 Å². The number of aromatic nitrogens is 3. The zero-order valence-corrected chi connectivity index (χ0v) is 15.1. The van der Waals surface area contributed by atoms with E-state index in [9.17, 15) is 8.42 Å². The molecule has 3 heterocycles. The molecule has 130 valence electrons. The Morgan fingerprint density at radius 3 is 2.80 bits per heavy atom. The Morgan fingerprint density at radius 1 is 1.12 bits per heavy atom. The topological polar surface area (TPSA) is 67.6 Å². The van der Waals surface area contributed by atoms with E-state index in [-0.39, 0.29) is 6.04 Å². The number of benzene rings is 1. The fourth-order valence-corrected chi connectivity index (χ4v) is 5.45. The quantitative estimate of drug-likeness (QED) is 0.724. The van der Waals surface area contributed by atoms with E-state index < -0.39 is 10.0 Å². The summed E-state index contributed by atoms with van der Waals surface area (Å²) < 4.78 is 30.1. The summed E-state index contributed by atoms with van der Waals surface area (Å²) in [7, 11) is -3.58. The van der Waals surface area contributed by atoms with Crippen molar-refractivity contribution in [1.82, 2.24) is 18.9 Å². The molecule has 1 aliphatic heterocycles. The van der Waals surface area contributed by atoms with Crippen molar-refractivity contribution in [2.75, 3.05) is 6.54 Å². The van der Waals surface area contributed by atoms with E-state index in [1.54, 1.807) is 10.4 Å². The first kappa shape index (κ1) is 16.2. The number of pyridine rings is 1. The normalized spacial score (nSPS) is 18.9. The van der Waals surface area contributed by atoms with Crippen molar-refractivity contribution in [3.8, 4) is 0 Å². The smallest absolute Gasteiger partial charge is 0.244 e. The van der Waals surface area contributed by atoms with Gasteiger partial charge in [-0.25, -0.2) is 8.42 Å². The molecule has 1 aromatic carbocycles. The maximum Gasteiger partial charge on any atom is 0.244 e. The SMILES string of the molecule is Cc1ccc(C)c(S(=O)(=O)N2CCCC2c2nnc3ccccn23)c1. The van der Waals surface area contributed by atoms with Crippen LogP contribution in [0.1, 0.15) is 35.8 Å². The fourth-order valence-electron chi connectivity index (χ4n) is 3.48. The molecule has 7 heteroatoms. The van der Waals surface area contributed by atoms with E-state index in [1.807, 2.05) is 54.8 Å². The maximum absolute atomic E-state index is 13.3. The van der Waals surface area contributed by atoms with Gasteiger partial charge < -0.3 is 0 Å². The molecule has 3 aromatic rings. The van der Waals surface area contributed by atoms with Crippen LogP contribution in [0.15, 0.2) is 47.5 Å². The summed E-state index contributed by atoms with van der Waals surface area (Å²) in [5, 5.41) is 8.46. The molecular weight excluding hydrogens is 336 g/mol. The molecule has 0 bridgehead atoms. The highest BCUT2D eigenvalue weighted by Crippen LogP contribution is 2.36. The highest BCUT2D eigenvalue weighted by molar-refractivity contribution is 7.89. The van der Waals surface area contributed by atoms with Gasteiger partial charge in [0.2, 0.25) is 10.0 Å². The number of sulfonamides is 1. The van der Waals surface area contributed by atoms with E-state index >= 15 is 0 Å². The minimum Gasteiger partial charge on any atom is -0.285 e. The van der Waals surface area contributed by atoms with Crippen LogP contribution < -0.4 is 0 Å². The standard InChI is InChI=1S/C18H20N4O2S/c1-13-8-9-14(2)16(12-13)25(23,24)22-11-5-6-15(22)18-20-19-17-7-3-4-10-21(17)18/h3-4,7-10,12,15H,5-6,11H2,1-2H3. The molecule has 0 amide bonds. The highest BCUT2D eigenvalue weighted by atomic mass is 32.2. The predicted octanol–water partition coefficient (Wildman–Crippen LogP) is 2.87. The molecule has 6 nitrogen and oxygen atoms in total. The van der Waals surface area contributed by atoms with Crippen LogP contribution in [0.2, 0.25) is 0 Å². The summed E-state index contributed by atoms with van der Waals surface area (Å²) in [4.78, 5) is 0.383. The zero-order valence-electron chi connectivity index (χ0n) is 14.3. The second kappa shape index (κ2) is 5.93. The van der Waals surface area contributed by atoms with Crippen molar-refractivity contribution in [2.45, 2.75) is 37.6 Å². The second-order valence-corrected chi connectivity index (χ2v) is 8.39. The van der Waals surface area contributed by atoms with Gasteiger partial charge in [-0.05, 0) is 56.0 Å². The summed E-state index contributed by atoms with van der Waals surface area (Å²) in [6.45, 7) is 4.25. The van der Waals surface area contributed by atoms with Crippen LogP contribution in [0.5, 0.6) is 0 Å². The highest BCUT2D eigenvalue weighted by Gasteiger charge is 2.39. The average molecular weight is 356 g/mol. The number of aryl methyl sites for hydroxylation is 2. The van der Waals surface area contributed by atoms with Crippen molar-refractivity contribution in [1.29, 1.82) is 0 Å². The Kier molecular flexibility index (Phi) is 3.85. The molecule has 0 saturated carbocycles. The summed E-state index contributed by atoms with van der Waals surface area (Å²) in [6.07, 6.45) is 3.45. The zero-order chi connectivity index (χ0) is 17.6. The van der Waals surface area contributed by atoms with Gasteiger partial charge in [0.05, 0.1) is 10.9 Å². The maximum atomic E-state index is 13.3. The number of hydrogen-bond acceptors (Lipinski definition) is 4. The predicted molar refractivity (Wildman–Crippen MR) is 94.8 cm³/mol. The third kappa shape index (κ3) is 2.63. The van der Waals surface area contributed by atoms with Gasteiger partial charge in [-0.15, -0.1) is 10.2 Å². The van der Waals surface area contributed by atoms with Crippen molar-refractivity contribution in [3.63, 3.8) is 0 Å². The fraction of sp³-hybridized carbons (Fsp3) is 0.333. The van der Waals surface area contributed by atoms with Crippen molar-refractivity contribution >= 4 is 15.7 Å². The first-order valence-electron chi connectivity index (χ1n) is 8.37. The lowest BCUT2D eigenvalue weighted by Gasteiger charge is -2.24. The van der Waals surface area contributed by atoms with Crippen molar-refractivity contribution < 1.29 is 8.42 Å². The lowest BCUT2D eigenvalue weighted by atomic mass is 10.2. The molecule has 1 aliphatic rings. The van der Waals surface area contributed by atoms with E-state index in [1.165, 1.54) is 0 Å². The first-order valence-corrected chi connectivity index (χ1v) is 9.81. The van der Waals surface area contributed by atoms with E-state index in [0.717, 1.165) is 29.6 Å². The molecule has 4 rings (SSSR count). The van der Waals surface area contributed by atoms with Crippen LogP contribution >= 0.6 is 0 Å². The molecule has 1 saturated heterocycles. The molecule has 1 unspecified atom stereocenters. The number of fused-ring (bicyclic) bond motifs is 1. The lowest BCUT2D eigenvalue weighted by Crippen LogP contribution is -2.32. The van der Waals surface area contributed by atoms with Crippen LogP contribution in [0, 0.1) is 13.8 Å². The van der Waals surface area contributed by atoms with Crippen LogP contribution in [0.4, 0.5) is 0 Å². The lowest BCUT2D eigenvalue weighted by molar-refractivity contribution is 0.381. The van der Waals surface area contributed by atoms with Gasteiger partial charge in [-0.2, -0.15) is 4.31 Å². The molecule has 25 heavy (non-hydrogen) atoms. The third-order valence-corrected chi connectivity index (χ3v) is 6.82. The van der Waals surface area contributed by atoms with Gasteiger partial charge in [0.1, 0.15) is 0 Å². The third-order valence-electron chi connectivity index (χ3n) is 4.77. The monoisotopic (exact) mass is 356 g/mol. The van der Waals surface area contributed by atoms with Gasteiger partial charge >= 0.3 is 0 Å². The molecular formula is C18H20N4O2S. The van der Waals surface area contributed by atoms with Crippen LogP contribution in [-0.2, 0) is 10.0 Å². The molecule has 1 atom stereocenters. The molecule has 0 N–H and O–H groups in total. The second-order valence-electron chi connectivity index (χ2n) is 6.53. The Balaban J connectivity index is 1.80. The molecule has 0 spiro atoms. The summed E-state index contributed by atoms with van der Waals surface area (Å²) in [5.74, 6) is 0.682. The van der Waals surface area contributed by atoms with E-state index in [4.69, 9.17) is 0 Å². The largest absolute Gasteiger partial charge is 0.285 e. The molecule has 0 aliphatic carbocycles. The van der Waals surface area contributed by atoms with Gasteiger partial charge in [0.15, 0.2) is 11.5 Å². The van der Waals surface area contributed by atoms with Crippen LogP contribution in [0.25, 0.3) is 5.65 Å². The number of hydrogen-bond donors (Lipinski definition) is 0. The number of nitrogens with zero attached hydrogens (tertiary/aromatic N) is 4. The van der Waals surface area contributed by atoms with E-state index in [0.29, 0.717) is 17.3 Å². The minimum atomic E-state index is -3.58. The Labute approximate surface area is 147 Å². The van der Waals surface area contributed by atoms with E-state index in [2.05, 4.69) is 10.2 Å². The Hall–Kier alpha value is -2.25. The summed E-state index contributed by atoms with van der Waals surface area (Å²) in [5.41, 5.74) is 2.43. The summed E-state index contributed by atoms with van der Waals surface area (Å²) >= 11 is 0. The van der Waals surface area contributed by atoms with Crippen LogP contribution in [0.3, 0.4) is 0 Å². The van der Waals surface area contributed by atoms with Gasteiger partial charge in [-0.3, -0.25) is 4.40 Å². The number of rotatable bonds is 3.